The van der Waals surface area contributed by atoms with E-state index in [9.17, 15) is 0 Å². The van der Waals surface area contributed by atoms with Gasteiger partial charge in [-0.15, -0.1) is 0 Å². The van der Waals surface area contributed by atoms with Crippen LogP contribution in [-0.4, -0.2) is 29.9 Å². The van der Waals surface area contributed by atoms with Crippen molar-refractivity contribution in [2.24, 2.45) is 5.92 Å². The molecule has 1 unspecified atom stereocenters. The van der Waals surface area contributed by atoms with Crippen molar-refractivity contribution in [1.82, 2.24) is 0 Å². The molecular weight excluding hydrogens is 119 g/mol. The van der Waals surface area contributed by atoms with E-state index in [1.165, 1.54) is 5.09 Å². The van der Waals surface area contributed by atoms with Crippen molar-refractivity contribution in [1.29, 1.82) is 0 Å². The molecule has 1 atom stereocenters. The summed E-state index contributed by atoms with van der Waals surface area (Å²) in [6.07, 6.45) is 0. The zero-order chi connectivity index (χ0) is 8.20. The van der Waals surface area contributed by atoms with Gasteiger partial charge in [-0.25, -0.2) is 0 Å². The third kappa shape index (κ3) is 6.67. The third-order valence-corrected chi connectivity index (χ3v) is 1.50. The zero-order valence-electron chi connectivity index (χ0n) is 7.90. The monoisotopic (exact) mass is 136 g/mol. The van der Waals surface area contributed by atoms with Gasteiger partial charge in [0.1, 0.15) is 0 Å². The summed E-state index contributed by atoms with van der Waals surface area (Å²) in [5.74, 6) is 0.694. The van der Waals surface area contributed by atoms with Crippen LogP contribution in [0.1, 0.15) is 27.7 Å². The minimum absolute atomic E-state index is 0.0312. The molecule has 0 saturated heterocycles. The summed E-state index contributed by atoms with van der Waals surface area (Å²) in [7, 11) is 0. The Morgan fingerprint density at radius 2 is 1.90 bits per heavy atom. The van der Waals surface area contributed by atoms with Crippen LogP contribution in [0.25, 0.3) is 0 Å². The molecule has 0 saturated carbocycles. The van der Waals surface area contributed by atoms with Crippen LogP contribution < -0.4 is 0 Å². The Morgan fingerprint density at radius 3 is 2.20 bits per heavy atom. The average Bonchev–Trinajstić information content (AvgIpc) is 1.81. The van der Waals surface area contributed by atoms with Crippen LogP contribution in [0, 0.1) is 5.92 Å². The van der Waals surface area contributed by atoms with Crippen LogP contribution in [0.2, 0.25) is 5.09 Å². The van der Waals surface area contributed by atoms with Gasteiger partial charge >= 0.3 is 73.4 Å². The van der Waals surface area contributed by atoms with Gasteiger partial charge in [0, 0.05) is 0 Å². The van der Waals surface area contributed by atoms with Gasteiger partial charge in [-0.3, -0.25) is 0 Å². The first-order valence-corrected chi connectivity index (χ1v) is 4.09. The van der Waals surface area contributed by atoms with Crippen molar-refractivity contribution >= 4 is 17.7 Å². The Hall–Kier alpha value is 0.557. The van der Waals surface area contributed by atoms with Crippen molar-refractivity contribution in [3.8, 4) is 0 Å². The van der Waals surface area contributed by atoms with E-state index in [0.717, 1.165) is 6.61 Å². The number of ether oxygens (including phenoxy) is 1. The average molecular weight is 136 g/mol. The first kappa shape index (κ1) is 10.6. The molecule has 56 valence electrons. The van der Waals surface area contributed by atoms with Crippen molar-refractivity contribution < 1.29 is 4.74 Å². The molecule has 0 aromatic heterocycles. The van der Waals surface area contributed by atoms with Gasteiger partial charge in [0.25, 0.3) is 0 Å². The second-order valence-corrected chi connectivity index (χ2v) is 3.94. The van der Waals surface area contributed by atoms with Gasteiger partial charge in [0.05, 0.1) is 0 Å². The van der Waals surface area contributed by atoms with E-state index < -0.39 is 0 Å². The van der Waals surface area contributed by atoms with E-state index in [-0.39, 0.29) is 5.60 Å². The van der Waals surface area contributed by atoms with Gasteiger partial charge in [0.15, 0.2) is 0 Å². The number of rotatable bonds is 3. The van der Waals surface area contributed by atoms with Gasteiger partial charge in [-0.2, -0.15) is 0 Å². The summed E-state index contributed by atoms with van der Waals surface area (Å²) in [5.41, 5.74) is 0.0312. The first-order chi connectivity index (χ1) is 4.45. The predicted octanol–water partition coefficient (Wildman–Crippen LogP) is 2.02. The van der Waals surface area contributed by atoms with Gasteiger partial charge in [-0.1, -0.05) is 0 Å². The van der Waals surface area contributed by atoms with Crippen molar-refractivity contribution in [3.05, 3.63) is 0 Å². The zero-order valence-corrected chi connectivity index (χ0v) is 7.90. The molecular formula is C8H17LiO. The summed E-state index contributed by atoms with van der Waals surface area (Å²) < 4.78 is 5.58. The second-order valence-electron chi connectivity index (χ2n) is 3.94. The number of hydrogen-bond donors (Lipinski definition) is 0. The van der Waals surface area contributed by atoms with E-state index in [1.807, 2.05) is 0 Å². The standard InChI is InChI=1S/C8H17O.Li/c1-7(2)6-9-8(3,4)5;/h7H,1,6H2,2-5H3;. The Bertz CT molecular complexity index is 85.7. The molecule has 0 aromatic rings. The van der Waals surface area contributed by atoms with Crippen LogP contribution in [-0.2, 0) is 4.74 Å². The molecule has 0 N–H and O–H groups in total. The summed E-state index contributed by atoms with van der Waals surface area (Å²) in [6.45, 7) is 9.38. The number of hydrogen-bond acceptors (Lipinski definition) is 1. The Balaban J connectivity index is 3.36. The maximum absolute atomic E-state index is 5.58. The van der Waals surface area contributed by atoms with Crippen molar-refractivity contribution in [3.63, 3.8) is 0 Å². The molecule has 1 nitrogen and oxygen atoms in total. The molecule has 0 rings (SSSR count). The van der Waals surface area contributed by atoms with Crippen molar-refractivity contribution in [2.45, 2.75) is 38.4 Å². The molecule has 0 radical (unpaired) electrons. The van der Waals surface area contributed by atoms with E-state index in [4.69, 9.17) is 4.74 Å². The van der Waals surface area contributed by atoms with Crippen LogP contribution in [0.15, 0.2) is 0 Å². The van der Waals surface area contributed by atoms with Gasteiger partial charge < -0.3 is 0 Å². The molecule has 0 amide bonds. The minimum atomic E-state index is 0.0312. The fourth-order valence-electron chi connectivity index (χ4n) is 0.510. The molecule has 2 heteroatoms. The van der Waals surface area contributed by atoms with Gasteiger partial charge in [0.2, 0.25) is 0 Å². The topological polar surface area (TPSA) is 9.23 Å². The maximum atomic E-state index is 5.58. The Morgan fingerprint density at radius 1 is 1.40 bits per heavy atom. The molecule has 0 aromatic carbocycles. The quantitative estimate of drug-likeness (QED) is 0.539. The molecule has 0 aliphatic carbocycles. The van der Waals surface area contributed by atoms with Crippen molar-refractivity contribution in [2.75, 3.05) is 6.61 Å². The second kappa shape index (κ2) is 4.44. The molecule has 0 aliphatic rings. The fourth-order valence-corrected chi connectivity index (χ4v) is 0.510. The summed E-state index contributed by atoms with van der Waals surface area (Å²) in [6, 6.07) is 0. The third-order valence-electron chi connectivity index (χ3n) is 1.50. The van der Waals surface area contributed by atoms with Crippen LogP contribution in [0.5, 0.6) is 0 Å². The summed E-state index contributed by atoms with van der Waals surface area (Å²) >= 11 is 2.19. The Kier molecular flexibility index (Phi) is 4.69. The van der Waals surface area contributed by atoms with Crippen LogP contribution in [0.4, 0.5) is 0 Å². The van der Waals surface area contributed by atoms with Crippen LogP contribution >= 0.6 is 0 Å². The summed E-state index contributed by atoms with van der Waals surface area (Å²) in [4.78, 5) is 0. The molecule has 0 fully saturated rings. The SMILES string of the molecule is [Li][CH2]C(C)COC(C)(C)C. The first-order valence-electron chi connectivity index (χ1n) is 4.09. The van der Waals surface area contributed by atoms with E-state index in [1.54, 1.807) is 0 Å². The fraction of sp³-hybridized carbons (Fsp3) is 1.00. The molecule has 10 heavy (non-hydrogen) atoms. The van der Waals surface area contributed by atoms with E-state index in [0.29, 0.717) is 5.92 Å². The molecule has 0 aliphatic heterocycles. The summed E-state index contributed by atoms with van der Waals surface area (Å²) in [5, 5.41) is 1.20. The Labute approximate surface area is 73.7 Å². The molecule has 0 bridgehead atoms. The van der Waals surface area contributed by atoms with Gasteiger partial charge in [-0.05, 0) is 0 Å². The normalized spacial score (nSPS) is 15.4. The predicted molar refractivity (Wildman–Crippen MR) is 45.4 cm³/mol. The van der Waals surface area contributed by atoms with E-state index >= 15 is 0 Å². The molecule has 0 spiro atoms. The van der Waals surface area contributed by atoms with Crippen LogP contribution in [0.3, 0.4) is 0 Å². The van der Waals surface area contributed by atoms with E-state index in [2.05, 4.69) is 45.4 Å². The molecule has 0 heterocycles.